The molecule has 0 radical (unpaired) electrons. The van der Waals surface area contributed by atoms with E-state index in [2.05, 4.69) is 4.98 Å². The van der Waals surface area contributed by atoms with Crippen molar-refractivity contribution < 1.29 is 33.2 Å². The van der Waals surface area contributed by atoms with Gasteiger partial charge in [-0.25, -0.2) is 4.79 Å². The van der Waals surface area contributed by atoms with Gasteiger partial charge in [0.15, 0.2) is 6.23 Å². The maximum atomic E-state index is 14.1. The number of benzene rings is 1. The number of aliphatic hydroxyl groups excluding tert-OH is 3. The van der Waals surface area contributed by atoms with Crippen LogP contribution < -0.4 is 11.2 Å². The molecule has 1 aliphatic rings. The van der Waals surface area contributed by atoms with Gasteiger partial charge in [-0.15, -0.1) is 0 Å². The molecule has 1 aliphatic heterocycles. The standard InChI is InChI=1S/C22H20F3N3O6/c23-22(24,25)17-13(12-4-2-1-3-5-12)6-8-26-14(17)10-28-16(30)7-9-27(21(28)33)20-19(32)18(31)15(11-29)34-20/h1-9,15,18-20,29,31-32H,10-11H2. The molecule has 2 aromatic heterocycles. The number of pyridine rings is 1. The lowest BCUT2D eigenvalue weighted by Gasteiger charge is -2.20. The molecule has 4 unspecified atom stereocenters. The van der Waals surface area contributed by atoms with Gasteiger partial charge in [0.1, 0.15) is 18.3 Å². The minimum absolute atomic E-state index is 0.161. The summed E-state index contributed by atoms with van der Waals surface area (Å²) in [6, 6.07) is 9.93. The number of aliphatic hydroxyl groups is 3. The smallest absolute Gasteiger partial charge is 0.394 e. The van der Waals surface area contributed by atoms with E-state index in [0.29, 0.717) is 4.57 Å². The topological polar surface area (TPSA) is 127 Å². The average molecular weight is 479 g/mol. The molecule has 4 rings (SSSR count). The maximum absolute atomic E-state index is 14.1. The third-order valence-electron chi connectivity index (χ3n) is 5.59. The second-order valence-corrected chi connectivity index (χ2v) is 7.70. The first-order valence-electron chi connectivity index (χ1n) is 10.2. The van der Waals surface area contributed by atoms with Crippen LogP contribution in [-0.4, -0.2) is 54.4 Å². The van der Waals surface area contributed by atoms with Crippen molar-refractivity contribution in [3.63, 3.8) is 0 Å². The van der Waals surface area contributed by atoms with Gasteiger partial charge in [0.25, 0.3) is 5.56 Å². The second-order valence-electron chi connectivity index (χ2n) is 7.70. The van der Waals surface area contributed by atoms with Crippen LogP contribution in [0.1, 0.15) is 17.5 Å². The van der Waals surface area contributed by atoms with Crippen LogP contribution in [0.4, 0.5) is 13.2 Å². The number of hydrogen-bond acceptors (Lipinski definition) is 7. The summed E-state index contributed by atoms with van der Waals surface area (Å²) in [5, 5.41) is 29.4. The Hall–Kier alpha value is -3.32. The van der Waals surface area contributed by atoms with E-state index in [0.717, 1.165) is 23.0 Å². The highest BCUT2D eigenvalue weighted by molar-refractivity contribution is 5.68. The summed E-state index contributed by atoms with van der Waals surface area (Å²) >= 11 is 0. The molecule has 4 atom stereocenters. The van der Waals surface area contributed by atoms with Crippen molar-refractivity contribution in [3.05, 3.63) is 87.0 Å². The number of aromatic nitrogens is 3. The number of ether oxygens (including phenoxy) is 1. The molecule has 0 aliphatic carbocycles. The van der Waals surface area contributed by atoms with E-state index < -0.39 is 66.4 Å². The molecule has 1 fully saturated rings. The minimum Gasteiger partial charge on any atom is -0.394 e. The molecule has 1 aromatic carbocycles. The third-order valence-corrected chi connectivity index (χ3v) is 5.59. The van der Waals surface area contributed by atoms with Gasteiger partial charge in [-0.05, 0) is 17.2 Å². The van der Waals surface area contributed by atoms with Crippen molar-refractivity contribution >= 4 is 0 Å². The summed E-state index contributed by atoms with van der Waals surface area (Å²) in [5.41, 5.74) is -3.49. The van der Waals surface area contributed by atoms with Gasteiger partial charge >= 0.3 is 11.9 Å². The highest BCUT2D eigenvalue weighted by atomic mass is 19.4. The Balaban J connectivity index is 1.81. The maximum Gasteiger partial charge on any atom is 0.418 e. The first-order valence-corrected chi connectivity index (χ1v) is 10.2. The van der Waals surface area contributed by atoms with Gasteiger partial charge in [-0.3, -0.25) is 18.9 Å². The van der Waals surface area contributed by atoms with Crippen molar-refractivity contribution in [3.8, 4) is 11.1 Å². The molecule has 0 saturated carbocycles. The van der Waals surface area contributed by atoms with Crippen molar-refractivity contribution in [1.29, 1.82) is 0 Å². The quantitative estimate of drug-likeness (QED) is 0.493. The van der Waals surface area contributed by atoms with Gasteiger partial charge in [0.2, 0.25) is 0 Å². The van der Waals surface area contributed by atoms with Crippen molar-refractivity contribution in [2.24, 2.45) is 0 Å². The normalized spacial score (nSPS) is 22.8. The Bertz CT molecular complexity index is 1290. The van der Waals surface area contributed by atoms with Gasteiger partial charge < -0.3 is 20.1 Å². The molecule has 3 N–H and O–H groups in total. The van der Waals surface area contributed by atoms with Crippen LogP contribution in [0, 0.1) is 0 Å². The summed E-state index contributed by atoms with van der Waals surface area (Å²) < 4.78 is 48.9. The molecule has 0 bridgehead atoms. The Kier molecular flexibility index (Phi) is 6.41. The lowest BCUT2D eigenvalue weighted by atomic mass is 9.98. The first-order chi connectivity index (χ1) is 16.1. The molecule has 0 spiro atoms. The largest absolute Gasteiger partial charge is 0.418 e. The Morgan fingerprint density at radius 1 is 1.03 bits per heavy atom. The van der Waals surface area contributed by atoms with E-state index in [1.54, 1.807) is 18.2 Å². The number of halogens is 3. The fourth-order valence-electron chi connectivity index (χ4n) is 3.93. The zero-order chi connectivity index (χ0) is 24.6. The Morgan fingerprint density at radius 3 is 2.35 bits per heavy atom. The third kappa shape index (κ3) is 4.28. The molecular formula is C22H20F3N3O6. The van der Waals surface area contributed by atoms with E-state index in [4.69, 9.17) is 4.74 Å². The summed E-state index contributed by atoms with van der Waals surface area (Å²) in [5.74, 6) is 0. The van der Waals surface area contributed by atoms with Gasteiger partial charge in [-0.1, -0.05) is 30.3 Å². The summed E-state index contributed by atoms with van der Waals surface area (Å²) in [7, 11) is 0. The van der Waals surface area contributed by atoms with Crippen molar-refractivity contribution in [2.75, 3.05) is 6.61 Å². The van der Waals surface area contributed by atoms with Crippen molar-refractivity contribution in [1.82, 2.24) is 14.1 Å². The van der Waals surface area contributed by atoms with Crippen molar-refractivity contribution in [2.45, 2.75) is 37.3 Å². The zero-order valence-corrected chi connectivity index (χ0v) is 17.5. The summed E-state index contributed by atoms with van der Waals surface area (Å²) in [6.07, 6.45) is -8.46. The van der Waals surface area contributed by atoms with Crippen LogP contribution >= 0.6 is 0 Å². The van der Waals surface area contributed by atoms with E-state index in [9.17, 15) is 38.1 Å². The number of nitrogens with zero attached hydrogens (tertiary/aromatic N) is 3. The Labute approximate surface area is 189 Å². The van der Waals surface area contributed by atoms with Gasteiger partial charge in [-0.2, -0.15) is 13.2 Å². The highest BCUT2D eigenvalue weighted by Crippen LogP contribution is 2.38. The molecule has 180 valence electrons. The fourth-order valence-corrected chi connectivity index (χ4v) is 3.93. The predicted octanol–water partition coefficient (Wildman–Crippen LogP) is 0.751. The van der Waals surface area contributed by atoms with Crippen LogP contribution in [-0.2, 0) is 17.5 Å². The molecular weight excluding hydrogens is 459 g/mol. The fraction of sp³-hybridized carbons (Fsp3) is 0.318. The molecule has 3 aromatic rings. The lowest BCUT2D eigenvalue weighted by Crippen LogP contribution is -2.43. The molecule has 34 heavy (non-hydrogen) atoms. The van der Waals surface area contributed by atoms with Crippen LogP contribution in [0.3, 0.4) is 0 Å². The molecule has 12 heteroatoms. The van der Waals surface area contributed by atoms with E-state index in [1.165, 1.54) is 18.2 Å². The SMILES string of the molecule is O=c1ccn(C2OC(CO)C(O)C2O)c(=O)n1Cc1nccc(-c2ccccc2)c1C(F)(F)F. The van der Waals surface area contributed by atoms with Gasteiger partial charge in [0, 0.05) is 18.5 Å². The molecule has 0 amide bonds. The summed E-state index contributed by atoms with van der Waals surface area (Å²) in [4.78, 5) is 29.3. The van der Waals surface area contributed by atoms with Crippen LogP contribution in [0.25, 0.3) is 11.1 Å². The number of rotatable bonds is 5. The van der Waals surface area contributed by atoms with E-state index >= 15 is 0 Å². The van der Waals surface area contributed by atoms with Crippen LogP contribution in [0.5, 0.6) is 0 Å². The Morgan fingerprint density at radius 2 is 1.74 bits per heavy atom. The highest BCUT2D eigenvalue weighted by Gasteiger charge is 2.44. The van der Waals surface area contributed by atoms with Crippen LogP contribution in [0.2, 0.25) is 0 Å². The zero-order valence-electron chi connectivity index (χ0n) is 17.5. The average Bonchev–Trinajstić information content (AvgIpc) is 3.10. The van der Waals surface area contributed by atoms with Gasteiger partial charge in [0.05, 0.1) is 24.4 Å². The number of alkyl halides is 3. The minimum atomic E-state index is -4.84. The second kappa shape index (κ2) is 9.14. The number of hydrogen-bond donors (Lipinski definition) is 3. The molecule has 9 nitrogen and oxygen atoms in total. The first kappa shape index (κ1) is 23.8. The predicted molar refractivity (Wildman–Crippen MR) is 112 cm³/mol. The van der Waals surface area contributed by atoms with Crippen LogP contribution in [0.15, 0.2) is 64.4 Å². The summed E-state index contributed by atoms with van der Waals surface area (Å²) in [6.45, 7) is -1.45. The molecule has 3 heterocycles. The monoisotopic (exact) mass is 479 g/mol. The lowest BCUT2D eigenvalue weighted by molar-refractivity contribution is -0.138. The van der Waals surface area contributed by atoms with E-state index in [1.807, 2.05) is 0 Å². The van der Waals surface area contributed by atoms with E-state index in [-0.39, 0.29) is 11.1 Å². The molecule has 1 saturated heterocycles.